The smallest absolute Gasteiger partial charge is 0.460 e. The Morgan fingerprint density at radius 2 is 1.09 bits per heavy atom. The minimum atomic E-state index is -7.43. The average Bonchev–Trinajstić information content (AvgIpc) is 3.66. The molecule has 4 rings (SSSR count). The van der Waals surface area contributed by atoms with Crippen LogP contribution in [0.25, 0.3) is 0 Å². The Morgan fingerprint density at radius 1 is 0.638 bits per heavy atom. The van der Waals surface area contributed by atoms with E-state index in [2.05, 4.69) is 42.5 Å². The van der Waals surface area contributed by atoms with Gasteiger partial charge in [0.2, 0.25) is 4.21 Å². The Balaban J connectivity index is 0.000000303. The minimum absolute atomic E-state index is 0.196. The van der Waals surface area contributed by atoms with Crippen molar-refractivity contribution in [1.82, 2.24) is 0 Å². The maximum Gasteiger partial charge on any atom is 0.460 e. The lowest BCUT2D eigenvalue weighted by Crippen LogP contribution is -2.63. The fourth-order valence-corrected chi connectivity index (χ4v) is 9.92. The highest BCUT2D eigenvalue weighted by Gasteiger charge is 2.83. The van der Waals surface area contributed by atoms with E-state index >= 15 is 0 Å². The molecule has 2 aromatic carbocycles. The summed E-state index contributed by atoms with van der Waals surface area (Å²) < 4.78 is 155. The number of ether oxygens (including phenoxy) is 3. The molecule has 0 fully saturated rings. The van der Waals surface area contributed by atoms with Gasteiger partial charge in [0, 0.05) is 6.07 Å². The Labute approximate surface area is 277 Å². The lowest BCUT2D eigenvalue weighted by molar-refractivity contribution is -0.382. The second-order valence-corrected chi connectivity index (χ2v) is 16.1. The predicted octanol–water partition coefficient (Wildman–Crippen LogP) is 9.04. The third-order valence-electron chi connectivity index (χ3n) is 5.74. The van der Waals surface area contributed by atoms with E-state index in [-0.39, 0.29) is 10.9 Å². The van der Waals surface area contributed by atoms with Crippen LogP contribution in [-0.2, 0) is 21.0 Å². The average molecular weight is 773 g/mol. The SMILES string of the molecule is COc1ccc([S+](c2ccc(OC)cc2)c2ccc(Sc3ccc(OC)s3)s2)cc1.O=S(=O)([O-])C(F)(F)C(F)(F)C(F)(F)C(F)(F)F. The van der Waals surface area contributed by atoms with Crippen LogP contribution >= 0.6 is 34.4 Å². The molecule has 2 heterocycles. The molecular formula is C27H21F9O6S5. The molecule has 0 amide bonds. The number of halogens is 9. The molecule has 0 radical (unpaired) electrons. The van der Waals surface area contributed by atoms with Crippen LogP contribution in [0.5, 0.6) is 16.6 Å². The summed E-state index contributed by atoms with van der Waals surface area (Å²) in [6.07, 6.45) is -7.16. The summed E-state index contributed by atoms with van der Waals surface area (Å²) >= 11 is 5.30. The van der Waals surface area contributed by atoms with E-state index < -0.39 is 33.4 Å². The van der Waals surface area contributed by atoms with Crippen molar-refractivity contribution in [3.8, 4) is 16.6 Å². The van der Waals surface area contributed by atoms with Gasteiger partial charge in [-0.05, 0) is 66.7 Å². The van der Waals surface area contributed by atoms with Crippen LogP contribution in [0.2, 0.25) is 0 Å². The van der Waals surface area contributed by atoms with Gasteiger partial charge in [-0.1, -0.05) is 34.4 Å². The van der Waals surface area contributed by atoms with Crippen molar-refractivity contribution in [2.45, 2.75) is 45.7 Å². The Morgan fingerprint density at radius 3 is 1.47 bits per heavy atom. The van der Waals surface area contributed by atoms with Gasteiger partial charge in [-0.2, -0.15) is 39.5 Å². The Bertz CT molecular complexity index is 1680. The summed E-state index contributed by atoms with van der Waals surface area (Å²) in [6, 6.07) is 25.3. The van der Waals surface area contributed by atoms with Gasteiger partial charge in [-0.15, -0.1) is 0 Å². The number of hydrogen-bond donors (Lipinski definition) is 0. The van der Waals surface area contributed by atoms with E-state index in [4.69, 9.17) is 14.2 Å². The standard InChI is InChI=1S/C23H21O3S4.C4HF9O3S/c1-24-16-4-8-18(9-5-16)30(19-10-6-17(25-2)7-11-19)23-15-14-22(29-23)28-21-13-12-20(26-3)27-21;5-1(6,3(9,10)11)2(7,8)4(12,13)17(14,15)16/h4-15H,1-3H3;(H,14,15,16)/q+1;/p-1. The first kappa shape index (κ1) is 38.7. The van der Waals surface area contributed by atoms with Gasteiger partial charge in [0.05, 0.1) is 29.7 Å². The number of hydrogen-bond acceptors (Lipinski definition) is 9. The van der Waals surface area contributed by atoms with Crippen LogP contribution in [0.1, 0.15) is 0 Å². The zero-order valence-corrected chi connectivity index (χ0v) is 27.9. The quantitative estimate of drug-likeness (QED) is 0.0855. The number of methoxy groups -OCH3 is 3. The fourth-order valence-electron chi connectivity index (χ4n) is 3.34. The van der Waals surface area contributed by atoms with E-state index in [0.29, 0.717) is 0 Å². The van der Waals surface area contributed by atoms with Crippen LogP contribution in [0, 0.1) is 0 Å². The summed E-state index contributed by atoms with van der Waals surface area (Å²) in [5.41, 5.74) is 0. The molecule has 0 aliphatic heterocycles. The first-order valence-corrected chi connectivity index (χ1v) is 17.4. The highest BCUT2D eigenvalue weighted by Crippen LogP contribution is 2.54. The Hall–Kier alpha value is -2.78. The normalized spacial score (nSPS) is 12.8. The van der Waals surface area contributed by atoms with E-state index in [0.717, 1.165) is 16.6 Å². The molecule has 0 saturated heterocycles. The molecule has 4 aromatic rings. The maximum atomic E-state index is 12.2. The maximum absolute atomic E-state index is 12.2. The van der Waals surface area contributed by atoms with E-state index in [1.807, 2.05) is 41.7 Å². The topological polar surface area (TPSA) is 84.9 Å². The van der Waals surface area contributed by atoms with Crippen molar-refractivity contribution < 1.29 is 66.7 Å². The first-order valence-electron chi connectivity index (χ1n) is 12.3. The van der Waals surface area contributed by atoms with Crippen LogP contribution in [0.4, 0.5) is 39.5 Å². The molecule has 0 spiro atoms. The minimum Gasteiger partial charge on any atom is -0.743 e. The predicted molar refractivity (Wildman–Crippen MR) is 158 cm³/mol. The van der Waals surface area contributed by atoms with Gasteiger partial charge in [0.15, 0.2) is 25.0 Å². The van der Waals surface area contributed by atoms with E-state index in [9.17, 15) is 52.5 Å². The van der Waals surface area contributed by atoms with Crippen LogP contribution in [0.3, 0.4) is 0 Å². The van der Waals surface area contributed by atoms with Crippen molar-refractivity contribution >= 4 is 55.4 Å². The lowest BCUT2D eigenvalue weighted by atomic mass is 10.1. The van der Waals surface area contributed by atoms with Crippen LogP contribution in [-0.4, -0.2) is 57.6 Å². The molecule has 0 aliphatic rings. The number of thiophene rings is 2. The molecule has 6 nitrogen and oxygen atoms in total. The summed E-state index contributed by atoms with van der Waals surface area (Å²) in [4.78, 5) is 2.52. The van der Waals surface area contributed by atoms with Gasteiger partial charge < -0.3 is 18.8 Å². The third kappa shape index (κ3) is 8.45. The van der Waals surface area contributed by atoms with Gasteiger partial charge in [-0.25, -0.2) is 8.42 Å². The van der Waals surface area contributed by atoms with Gasteiger partial charge >= 0.3 is 23.3 Å². The van der Waals surface area contributed by atoms with Crippen molar-refractivity contribution in [2.24, 2.45) is 0 Å². The van der Waals surface area contributed by atoms with Gasteiger partial charge in [0.1, 0.15) is 22.4 Å². The van der Waals surface area contributed by atoms with E-state index in [1.54, 1.807) is 44.4 Å². The number of alkyl halides is 9. The molecule has 0 unspecified atom stereocenters. The second-order valence-electron chi connectivity index (χ2n) is 8.73. The highest BCUT2D eigenvalue weighted by molar-refractivity contribution is 8.04. The molecule has 47 heavy (non-hydrogen) atoms. The Kier molecular flexibility index (Phi) is 12.2. The van der Waals surface area contributed by atoms with Gasteiger partial charge in [0.25, 0.3) is 0 Å². The summed E-state index contributed by atoms with van der Waals surface area (Å²) in [5.74, 6) is -13.1. The largest absolute Gasteiger partial charge is 0.743 e. The van der Waals surface area contributed by atoms with Crippen molar-refractivity contribution in [2.75, 3.05) is 21.3 Å². The van der Waals surface area contributed by atoms with Crippen molar-refractivity contribution in [1.29, 1.82) is 0 Å². The molecule has 0 aliphatic carbocycles. The molecule has 20 heteroatoms. The summed E-state index contributed by atoms with van der Waals surface area (Å²) in [6.45, 7) is 0. The zero-order chi connectivity index (χ0) is 35.4. The molecule has 0 N–H and O–H groups in total. The van der Waals surface area contributed by atoms with Crippen molar-refractivity contribution in [3.63, 3.8) is 0 Å². The van der Waals surface area contributed by atoms with Crippen LogP contribution in [0.15, 0.2) is 95.2 Å². The second kappa shape index (κ2) is 14.8. The van der Waals surface area contributed by atoms with Gasteiger partial charge in [-0.3, -0.25) is 0 Å². The fraction of sp³-hybridized carbons (Fsp3) is 0.259. The molecule has 0 saturated carbocycles. The van der Waals surface area contributed by atoms with Crippen molar-refractivity contribution in [3.05, 3.63) is 72.8 Å². The number of rotatable bonds is 11. The van der Waals surface area contributed by atoms with Crippen LogP contribution < -0.4 is 14.2 Å². The molecular weight excluding hydrogens is 752 g/mol. The summed E-state index contributed by atoms with van der Waals surface area (Å²) in [5, 5.41) is -6.18. The molecule has 0 bridgehead atoms. The highest BCUT2D eigenvalue weighted by atomic mass is 32.2. The van der Waals surface area contributed by atoms with E-state index in [1.165, 1.54) is 22.4 Å². The third-order valence-corrected chi connectivity index (χ3v) is 12.6. The number of benzene rings is 2. The first-order chi connectivity index (χ1) is 21.7. The molecule has 258 valence electrons. The molecule has 0 atom stereocenters. The monoisotopic (exact) mass is 772 g/mol. The lowest BCUT2D eigenvalue weighted by Gasteiger charge is -2.34. The zero-order valence-electron chi connectivity index (χ0n) is 23.8. The molecule has 2 aromatic heterocycles. The summed E-state index contributed by atoms with van der Waals surface area (Å²) in [7, 11) is -2.52.